The molecule has 0 saturated carbocycles. The number of hydrogen-bond donors (Lipinski definition) is 1. The van der Waals surface area contributed by atoms with Gasteiger partial charge in [0, 0.05) is 6.04 Å². The smallest absolute Gasteiger partial charge is 0.0105 e. The predicted octanol–water partition coefficient (Wildman–Crippen LogP) is 3.13. The van der Waals surface area contributed by atoms with Crippen LogP contribution in [-0.4, -0.2) is 37.6 Å². The molecule has 0 aromatic carbocycles. The summed E-state index contributed by atoms with van der Waals surface area (Å²) in [6.45, 7) is 13.2. The highest BCUT2D eigenvalue weighted by Gasteiger charge is 2.33. The van der Waals surface area contributed by atoms with Gasteiger partial charge in [-0.3, -0.25) is 0 Å². The molecule has 2 nitrogen and oxygen atoms in total. The van der Waals surface area contributed by atoms with Crippen LogP contribution in [0.1, 0.15) is 53.4 Å². The van der Waals surface area contributed by atoms with Gasteiger partial charge in [-0.15, -0.1) is 0 Å². The largest absolute Gasteiger partial charge is 0.319 e. The van der Waals surface area contributed by atoms with E-state index < -0.39 is 0 Å². The van der Waals surface area contributed by atoms with E-state index in [0.717, 1.165) is 12.5 Å². The normalized spacial score (nSPS) is 24.5. The van der Waals surface area contributed by atoms with Crippen molar-refractivity contribution < 1.29 is 0 Å². The first-order chi connectivity index (χ1) is 8.08. The second-order valence-corrected chi connectivity index (χ2v) is 6.02. The lowest BCUT2D eigenvalue weighted by Crippen LogP contribution is -2.47. The Balaban J connectivity index is 2.45. The maximum Gasteiger partial charge on any atom is 0.0105 e. The molecule has 102 valence electrons. The molecule has 1 fully saturated rings. The van der Waals surface area contributed by atoms with Crippen molar-refractivity contribution in [2.24, 2.45) is 11.3 Å². The highest BCUT2D eigenvalue weighted by Crippen LogP contribution is 2.38. The van der Waals surface area contributed by atoms with Crippen molar-refractivity contribution in [3.05, 3.63) is 0 Å². The van der Waals surface area contributed by atoms with Crippen molar-refractivity contribution in [2.75, 3.05) is 26.7 Å². The van der Waals surface area contributed by atoms with Crippen LogP contribution < -0.4 is 5.32 Å². The lowest BCUT2D eigenvalue weighted by molar-refractivity contribution is 0.0546. The molecule has 0 radical (unpaired) electrons. The number of rotatable bonds is 6. The third kappa shape index (κ3) is 3.69. The van der Waals surface area contributed by atoms with E-state index >= 15 is 0 Å². The average molecular weight is 240 g/mol. The van der Waals surface area contributed by atoms with Crippen LogP contribution in [0.2, 0.25) is 0 Å². The molecule has 0 aromatic rings. The molecule has 1 N–H and O–H groups in total. The zero-order valence-corrected chi connectivity index (χ0v) is 12.6. The van der Waals surface area contributed by atoms with E-state index in [-0.39, 0.29) is 0 Å². The topological polar surface area (TPSA) is 15.3 Å². The predicted molar refractivity (Wildman–Crippen MR) is 76.4 cm³/mol. The molecule has 0 aromatic heterocycles. The number of nitrogens with zero attached hydrogens (tertiary/aromatic N) is 1. The van der Waals surface area contributed by atoms with Crippen LogP contribution in [0.5, 0.6) is 0 Å². The van der Waals surface area contributed by atoms with Gasteiger partial charge in [0.05, 0.1) is 0 Å². The van der Waals surface area contributed by atoms with Crippen LogP contribution in [0, 0.1) is 11.3 Å². The van der Waals surface area contributed by atoms with Gasteiger partial charge < -0.3 is 10.2 Å². The maximum atomic E-state index is 3.30. The minimum atomic E-state index is 0.655. The number of nitrogens with one attached hydrogen (secondary N) is 1. The summed E-state index contributed by atoms with van der Waals surface area (Å²) in [5.74, 6) is 0.746. The van der Waals surface area contributed by atoms with Gasteiger partial charge in [-0.1, -0.05) is 33.6 Å². The molecule has 2 atom stereocenters. The minimum Gasteiger partial charge on any atom is -0.319 e. The summed E-state index contributed by atoms with van der Waals surface area (Å²) in [6.07, 6.45) is 5.52. The Morgan fingerprint density at radius 1 is 1.12 bits per heavy atom. The molecule has 1 aliphatic rings. The van der Waals surface area contributed by atoms with Crippen molar-refractivity contribution >= 4 is 0 Å². The monoisotopic (exact) mass is 240 g/mol. The molecule has 0 amide bonds. The van der Waals surface area contributed by atoms with Crippen LogP contribution in [0.4, 0.5) is 0 Å². The van der Waals surface area contributed by atoms with Gasteiger partial charge in [-0.05, 0) is 57.8 Å². The summed E-state index contributed by atoms with van der Waals surface area (Å²) in [7, 11) is 2.05. The number of likely N-dealkylation sites (tertiary alicyclic amines) is 1. The van der Waals surface area contributed by atoms with Crippen LogP contribution in [0.25, 0.3) is 0 Å². The van der Waals surface area contributed by atoms with Crippen LogP contribution in [0.3, 0.4) is 0 Å². The molecule has 1 aliphatic heterocycles. The van der Waals surface area contributed by atoms with Gasteiger partial charge in [0.2, 0.25) is 0 Å². The SMILES string of the molecule is CCC1(CC)CCN(C(C)C(C)CNC)CC1. The fourth-order valence-electron chi connectivity index (χ4n) is 3.22. The Morgan fingerprint density at radius 3 is 2.06 bits per heavy atom. The fourth-order valence-corrected chi connectivity index (χ4v) is 3.22. The highest BCUT2D eigenvalue weighted by molar-refractivity contribution is 4.87. The minimum absolute atomic E-state index is 0.655. The Morgan fingerprint density at radius 2 is 1.65 bits per heavy atom. The summed E-state index contributed by atoms with van der Waals surface area (Å²) in [6, 6.07) is 0.717. The van der Waals surface area contributed by atoms with Crippen LogP contribution in [-0.2, 0) is 0 Å². The zero-order valence-electron chi connectivity index (χ0n) is 12.6. The second kappa shape index (κ2) is 6.75. The van der Waals surface area contributed by atoms with Crippen molar-refractivity contribution in [1.29, 1.82) is 0 Å². The molecular formula is C15H32N2. The Kier molecular flexibility index (Phi) is 5.94. The van der Waals surface area contributed by atoms with E-state index in [1.165, 1.54) is 38.8 Å². The first-order valence-electron chi connectivity index (χ1n) is 7.47. The van der Waals surface area contributed by atoms with Gasteiger partial charge >= 0.3 is 0 Å². The second-order valence-electron chi connectivity index (χ2n) is 6.02. The molecule has 1 saturated heterocycles. The van der Waals surface area contributed by atoms with E-state index in [0.29, 0.717) is 11.5 Å². The van der Waals surface area contributed by atoms with Gasteiger partial charge in [-0.2, -0.15) is 0 Å². The third-order valence-corrected chi connectivity index (χ3v) is 5.28. The first-order valence-corrected chi connectivity index (χ1v) is 7.47. The van der Waals surface area contributed by atoms with Gasteiger partial charge in [-0.25, -0.2) is 0 Å². The molecule has 17 heavy (non-hydrogen) atoms. The fraction of sp³-hybridized carbons (Fsp3) is 1.00. The first kappa shape index (κ1) is 15.0. The summed E-state index contributed by atoms with van der Waals surface area (Å²) in [5, 5.41) is 3.30. The van der Waals surface area contributed by atoms with Gasteiger partial charge in [0.1, 0.15) is 0 Å². The summed E-state index contributed by atoms with van der Waals surface area (Å²) in [4.78, 5) is 2.70. The van der Waals surface area contributed by atoms with Crippen molar-refractivity contribution in [3.63, 3.8) is 0 Å². The lowest BCUT2D eigenvalue weighted by atomic mass is 9.74. The number of piperidine rings is 1. The highest BCUT2D eigenvalue weighted by atomic mass is 15.2. The van der Waals surface area contributed by atoms with Gasteiger partial charge in [0.15, 0.2) is 0 Å². The Hall–Kier alpha value is -0.0800. The quantitative estimate of drug-likeness (QED) is 0.767. The summed E-state index contributed by atoms with van der Waals surface area (Å²) >= 11 is 0. The average Bonchev–Trinajstić information content (AvgIpc) is 2.38. The standard InChI is InChI=1S/C15H32N2/c1-6-15(7-2)8-10-17(11-9-15)14(4)13(3)12-16-5/h13-14,16H,6-12H2,1-5H3. The van der Waals surface area contributed by atoms with Gasteiger partial charge in [0.25, 0.3) is 0 Å². The van der Waals surface area contributed by atoms with E-state index in [4.69, 9.17) is 0 Å². The van der Waals surface area contributed by atoms with E-state index in [9.17, 15) is 0 Å². The van der Waals surface area contributed by atoms with Crippen molar-refractivity contribution in [3.8, 4) is 0 Å². The summed E-state index contributed by atoms with van der Waals surface area (Å²) < 4.78 is 0. The molecular weight excluding hydrogens is 208 g/mol. The van der Waals surface area contributed by atoms with Crippen LogP contribution in [0.15, 0.2) is 0 Å². The molecule has 1 rings (SSSR count). The molecule has 0 spiro atoms. The molecule has 1 heterocycles. The molecule has 0 bridgehead atoms. The Bertz CT molecular complexity index is 201. The van der Waals surface area contributed by atoms with Crippen LogP contribution >= 0.6 is 0 Å². The Labute approximate surface area is 108 Å². The van der Waals surface area contributed by atoms with Crippen molar-refractivity contribution in [1.82, 2.24) is 10.2 Å². The molecule has 2 heteroatoms. The molecule has 2 unspecified atom stereocenters. The lowest BCUT2D eigenvalue weighted by Gasteiger charge is -2.44. The zero-order chi connectivity index (χ0) is 12.9. The van der Waals surface area contributed by atoms with E-state index in [2.05, 4.69) is 45.0 Å². The summed E-state index contributed by atoms with van der Waals surface area (Å²) in [5.41, 5.74) is 0.655. The molecule has 0 aliphatic carbocycles. The van der Waals surface area contributed by atoms with E-state index in [1.807, 2.05) is 0 Å². The number of hydrogen-bond acceptors (Lipinski definition) is 2. The maximum absolute atomic E-state index is 3.30. The van der Waals surface area contributed by atoms with E-state index in [1.54, 1.807) is 0 Å². The third-order valence-electron chi connectivity index (χ3n) is 5.28. The van der Waals surface area contributed by atoms with Crippen molar-refractivity contribution in [2.45, 2.75) is 59.4 Å².